The predicted octanol–water partition coefficient (Wildman–Crippen LogP) is 6.59. The van der Waals surface area contributed by atoms with E-state index in [1.54, 1.807) is 0 Å². The van der Waals surface area contributed by atoms with Gasteiger partial charge in [0, 0.05) is 47.5 Å². The van der Waals surface area contributed by atoms with Crippen LogP contribution >= 0.6 is 0 Å². The maximum Gasteiger partial charge on any atom is 0.326 e. The van der Waals surface area contributed by atoms with E-state index in [0.717, 1.165) is 55.5 Å². The summed E-state index contributed by atoms with van der Waals surface area (Å²) in [6.45, 7) is 8.88. The minimum atomic E-state index is -1.55. The van der Waals surface area contributed by atoms with Crippen LogP contribution in [0.5, 0.6) is 0 Å². The molecule has 2 aliphatic heterocycles. The molecule has 0 saturated carbocycles. The van der Waals surface area contributed by atoms with Gasteiger partial charge in [-0.3, -0.25) is 19.2 Å². The van der Waals surface area contributed by atoms with E-state index in [4.69, 9.17) is 10.2 Å². The Kier molecular flexibility index (Phi) is 13.4. The summed E-state index contributed by atoms with van der Waals surface area (Å²) in [6, 6.07) is 21.1. The largest absolute Gasteiger partial charge is 0.481 e. The van der Waals surface area contributed by atoms with Crippen molar-refractivity contribution in [2.75, 3.05) is 18.0 Å². The van der Waals surface area contributed by atoms with Gasteiger partial charge >= 0.3 is 23.9 Å². The highest BCUT2D eigenvalue weighted by atomic mass is 16.4. The smallest absolute Gasteiger partial charge is 0.326 e. The Morgan fingerprint density at radius 3 is 1.75 bits per heavy atom. The summed E-state index contributed by atoms with van der Waals surface area (Å²) < 4.78 is 2.05. The first kappa shape index (κ1) is 45.2. The fourth-order valence-electron chi connectivity index (χ4n) is 8.75. The standard InChI is InChI=1S/C49H50N4O10/c1-48(2)38(52(26-24-40(54)50-34(46(60)61)28-42(56)57)36-22-20-30-14-10-12-16-32(30)44(36)48)18-8-6-5-7-9-19-39-49(3,4)45-33-17-13-11-15-31(33)21-23-37(45)53(39)27-25-41(55)51-35(47(62)63)29-43(58)59/h5-23,34-35H,24-29H2,1-4H3,(H5-,50,51,54,55,56,57,58,59,60,61,62,63)/p+1/t34-,35-/m0/s1. The number of hydrogen-bond donors (Lipinski definition) is 6. The molecule has 0 aromatic heterocycles. The molecule has 2 atom stereocenters. The number of carbonyl (C=O) groups is 6. The third kappa shape index (κ3) is 9.75. The molecule has 0 unspecified atom stereocenters. The summed E-state index contributed by atoms with van der Waals surface area (Å²) in [6.07, 6.45) is 11.8. The Morgan fingerprint density at radius 2 is 1.16 bits per heavy atom. The molecule has 0 radical (unpaired) electrons. The first-order chi connectivity index (χ1) is 29.9. The molecular formula is C49H51N4O10+. The van der Waals surface area contributed by atoms with Gasteiger partial charge in [0.15, 0.2) is 12.3 Å². The monoisotopic (exact) mass is 855 g/mol. The fourth-order valence-corrected chi connectivity index (χ4v) is 8.75. The van der Waals surface area contributed by atoms with Crippen LogP contribution in [0.25, 0.3) is 21.5 Å². The van der Waals surface area contributed by atoms with Crippen molar-refractivity contribution in [2.45, 2.75) is 76.3 Å². The number of amides is 2. The van der Waals surface area contributed by atoms with Crippen molar-refractivity contribution in [2.24, 2.45) is 0 Å². The molecule has 63 heavy (non-hydrogen) atoms. The summed E-state index contributed by atoms with van der Waals surface area (Å²) in [5.41, 5.74) is 4.83. The van der Waals surface area contributed by atoms with Crippen LogP contribution in [0.15, 0.2) is 121 Å². The molecule has 0 fully saturated rings. The molecule has 4 aromatic carbocycles. The zero-order valence-corrected chi connectivity index (χ0v) is 35.5. The average Bonchev–Trinajstić information content (AvgIpc) is 3.58. The number of nitrogens with one attached hydrogen (secondary N) is 2. The van der Waals surface area contributed by atoms with Crippen molar-refractivity contribution in [1.82, 2.24) is 10.6 Å². The maximum absolute atomic E-state index is 13.0. The molecule has 2 aliphatic rings. The van der Waals surface area contributed by atoms with E-state index in [9.17, 15) is 39.0 Å². The van der Waals surface area contributed by atoms with Crippen LogP contribution in [0.1, 0.15) is 64.5 Å². The van der Waals surface area contributed by atoms with E-state index < -0.39 is 71.4 Å². The second-order valence-electron chi connectivity index (χ2n) is 16.6. The molecule has 0 bridgehead atoms. The second kappa shape index (κ2) is 18.7. The van der Waals surface area contributed by atoms with Gasteiger partial charge in [-0.15, -0.1) is 0 Å². The molecule has 326 valence electrons. The van der Waals surface area contributed by atoms with Gasteiger partial charge in [0.05, 0.1) is 24.7 Å². The van der Waals surface area contributed by atoms with Gasteiger partial charge < -0.3 is 36.0 Å². The zero-order valence-electron chi connectivity index (χ0n) is 35.5. The van der Waals surface area contributed by atoms with Gasteiger partial charge in [0.25, 0.3) is 0 Å². The van der Waals surface area contributed by atoms with Crippen molar-refractivity contribution in [3.63, 3.8) is 0 Å². The van der Waals surface area contributed by atoms with Crippen molar-refractivity contribution in [3.05, 3.63) is 132 Å². The van der Waals surface area contributed by atoms with Crippen LogP contribution in [0.3, 0.4) is 0 Å². The van der Waals surface area contributed by atoms with Gasteiger partial charge in [-0.1, -0.05) is 98.8 Å². The van der Waals surface area contributed by atoms with Crippen LogP contribution in [0.4, 0.5) is 11.4 Å². The van der Waals surface area contributed by atoms with Crippen LogP contribution in [-0.4, -0.2) is 91.6 Å². The fraction of sp³-hybridized carbons (Fsp3) is 0.286. The van der Waals surface area contributed by atoms with Gasteiger partial charge in [-0.25, -0.2) is 9.59 Å². The lowest BCUT2D eigenvalue weighted by atomic mass is 9.79. The number of rotatable bonds is 18. The summed E-state index contributed by atoms with van der Waals surface area (Å²) in [4.78, 5) is 73.7. The third-order valence-corrected chi connectivity index (χ3v) is 11.6. The Labute approximate surface area is 364 Å². The van der Waals surface area contributed by atoms with Crippen LogP contribution < -0.4 is 15.5 Å². The molecule has 0 aliphatic carbocycles. The number of hydrogen-bond acceptors (Lipinski definition) is 7. The SMILES string of the molecule is CC1(C)C(/C=C/C=C/C=C/C=C2/N(CCC(=O)N[C@@H](CC(=O)O)C(=O)O)c3ccc4ccccc4c3C2(C)C)=[N+](CCC(=O)N[C@@H](CC(=O)O)C(=O)O)c2ccc3ccccc3c21. The van der Waals surface area contributed by atoms with Crippen molar-refractivity contribution >= 4 is 74.3 Å². The zero-order chi connectivity index (χ0) is 45.6. The number of carbonyl (C=O) groups excluding carboxylic acids is 2. The highest BCUT2D eigenvalue weighted by molar-refractivity contribution is 6.08. The lowest BCUT2D eigenvalue weighted by Crippen LogP contribution is -2.43. The summed E-state index contributed by atoms with van der Waals surface area (Å²) in [5.74, 6) is -6.67. The minimum Gasteiger partial charge on any atom is -0.481 e. The van der Waals surface area contributed by atoms with Gasteiger partial charge in [0.2, 0.25) is 17.5 Å². The van der Waals surface area contributed by atoms with E-state index in [1.807, 2.05) is 113 Å². The number of aliphatic carboxylic acids is 4. The number of anilines is 1. The van der Waals surface area contributed by atoms with E-state index in [0.29, 0.717) is 0 Å². The number of fused-ring (bicyclic) bond motifs is 6. The Morgan fingerprint density at radius 1 is 0.635 bits per heavy atom. The maximum atomic E-state index is 13.0. The highest BCUT2D eigenvalue weighted by Gasteiger charge is 2.46. The molecule has 0 saturated heterocycles. The Hall–Kier alpha value is -7.35. The first-order valence-electron chi connectivity index (χ1n) is 20.6. The topological polar surface area (TPSA) is 214 Å². The number of nitrogens with zero attached hydrogens (tertiary/aromatic N) is 2. The van der Waals surface area contributed by atoms with Crippen LogP contribution in [-0.2, 0) is 39.6 Å². The molecular weight excluding hydrogens is 805 g/mol. The second-order valence-corrected chi connectivity index (χ2v) is 16.6. The number of benzene rings is 4. The van der Waals surface area contributed by atoms with E-state index in [1.165, 1.54) is 0 Å². The van der Waals surface area contributed by atoms with Crippen molar-refractivity contribution in [3.8, 4) is 0 Å². The molecule has 2 heterocycles. The number of carboxylic acids is 4. The Bertz CT molecular complexity index is 2670. The molecule has 14 nitrogen and oxygen atoms in total. The normalized spacial score (nSPS) is 16.8. The van der Waals surface area contributed by atoms with Crippen molar-refractivity contribution in [1.29, 1.82) is 0 Å². The van der Waals surface area contributed by atoms with Crippen LogP contribution in [0, 0.1) is 0 Å². The van der Waals surface area contributed by atoms with Gasteiger partial charge in [0.1, 0.15) is 12.1 Å². The molecule has 6 rings (SSSR count). The van der Waals surface area contributed by atoms with Crippen LogP contribution in [0.2, 0.25) is 0 Å². The lowest BCUT2D eigenvalue weighted by Gasteiger charge is -2.27. The molecule has 6 N–H and O–H groups in total. The number of carboxylic acid groups (broad SMARTS) is 4. The molecule has 0 spiro atoms. The third-order valence-electron chi connectivity index (χ3n) is 11.6. The van der Waals surface area contributed by atoms with E-state index in [-0.39, 0.29) is 25.9 Å². The van der Waals surface area contributed by atoms with E-state index >= 15 is 0 Å². The van der Waals surface area contributed by atoms with Crippen molar-refractivity contribution < 1.29 is 53.8 Å². The highest BCUT2D eigenvalue weighted by Crippen LogP contribution is 2.51. The lowest BCUT2D eigenvalue weighted by molar-refractivity contribution is -0.436. The predicted molar refractivity (Wildman–Crippen MR) is 239 cm³/mol. The summed E-state index contributed by atoms with van der Waals surface area (Å²) >= 11 is 0. The summed E-state index contributed by atoms with van der Waals surface area (Å²) in [7, 11) is 0. The minimum absolute atomic E-state index is 0.0817. The van der Waals surface area contributed by atoms with Gasteiger partial charge in [-0.05, 0) is 59.2 Å². The molecule has 14 heteroatoms. The summed E-state index contributed by atoms with van der Waals surface area (Å²) in [5, 5.41) is 46.2. The molecule has 4 aromatic rings. The quantitative estimate of drug-likeness (QED) is 0.0464. The number of allylic oxidation sites excluding steroid dienone is 8. The average molecular weight is 856 g/mol. The Balaban J connectivity index is 1.25. The first-order valence-corrected chi connectivity index (χ1v) is 20.6. The molecule has 2 amide bonds. The van der Waals surface area contributed by atoms with Gasteiger partial charge in [-0.2, -0.15) is 4.58 Å². The van der Waals surface area contributed by atoms with E-state index in [2.05, 4.69) is 50.5 Å².